The van der Waals surface area contributed by atoms with E-state index in [0.717, 1.165) is 4.80 Å². The summed E-state index contributed by atoms with van der Waals surface area (Å²) in [6, 6.07) is 0.567. The zero-order chi connectivity index (χ0) is 18.3. The summed E-state index contributed by atoms with van der Waals surface area (Å²) >= 11 is 0. The third-order valence-electron chi connectivity index (χ3n) is 2.79. The number of H-pyrrole nitrogens is 1. The van der Waals surface area contributed by atoms with Crippen LogP contribution < -0.4 is 10.9 Å². The number of nitrogens with zero attached hydrogens (tertiary/aromatic N) is 2. The Balaban J connectivity index is 2.44. The molecular weight excluding hydrogens is 346 g/mol. The van der Waals surface area contributed by atoms with E-state index in [9.17, 15) is 35.9 Å². The van der Waals surface area contributed by atoms with Gasteiger partial charge in [-0.15, -0.1) is 5.10 Å². The molecule has 0 spiro atoms. The molecule has 0 radical (unpaired) electrons. The van der Waals surface area contributed by atoms with Crippen LogP contribution in [0.4, 0.5) is 32.0 Å². The highest BCUT2D eigenvalue weighted by Gasteiger charge is 2.37. The number of aromatic amines is 1. The van der Waals surface area contributed by atoms with E-state index in [0.29, 0.717) is 12.1 Å². The first-order valence-corrected chi connectivity index (χ1v) is 6.12. The lowest BCUT2D eigenvalue weighted by Crippen LogP contribution is -2.21. The maximum absolute atomic E-state index is 12.7. The van der Waals surface area contributed by atoms with Crippen molar-refractivity contribution >= 4 is 11.6 Å². The van der Waals surface area contributed by atoms with Crippen molar-refractivity contribution in [2.45, 2.75) is 12.4 Å². The molecule has 0 unspecified atom stereocenters. The molecule has 2 N–H and O–H groups in total. The molecule has 0 fully saturated rings. The van der Waals surface area contributed by atoms with Crippen molar-refractivity contribution in [2.24, 2.45) is 7.05 Å². The normalized spacial score (nSPS) is 12.3. The number of amides is 1. The van der Waals surface area contributed by atoms with Crippen LogP contribution in [0.5, 0.6) is 0 Å². The highest BCUT2D eigenvalue weighted by atomic mass is 19.4. The summed E-state index contributed by atoms with van der Waals surface area (Å²) in [5.41, 5.74) is -5.61. The minimum Gasteiger partial charge on any atom is -0.320 e. The number of benzene rings is 1. The fourth-order valence-corrected chi connectivity index (χ4v) is 1.79. The first-order valence-electron chi connectivity index (χ1n) is 6.12. The topological polar surface area (TPSA) is 79.8 Å². The number of aromatic nitrogens is 3. The molecule has 2 rings (SSSR count). The lowest BCUT2D eigenvalue weighted by Gasteiger charge is -2.14. The van der Waals surface area contributed by atoms with Crippen LogP contribution in [0, 0.1) is 0 Å². The lowest BCUT2D eigenvalue weighted by atomic mass is 10.1. The van der Waals surface area contributed by atoms with Crippen LogP contribution >= 0.6 is 0 Å². The molecule has 1 amide bonds. The van der Waals surface area contributed by atoms with Crippen molar-refractivity contribution in [2.75, 3.05) is 5.32 Å². The predicted octanol–water partition coefficient (Wildman–Crippen LogP) is 2.40. The predicted molar refractivity (Wildman–Crippen MR) is 68.2 cm³/mol. The Morgan fingerprint density at radius 1 is 1.08 bits per heavy atom. The van der Waals surface area contributed by atoms with Gasteiger partial charge in [0.05, 0.1) is 11.1 Å². The molecule has 1 aromatic carbocycles. The molecule has 0 bridgehead atoms. The highest BCUT2D eigenvalue weighted by Crippen LogP contribution is 2.37. The Hall–Kier alpha value is -2.79. The van der Waals surface area contributed by atoms with E-state index >= 15 is 0 Å². The van der Waals surface area contributed by atoms with Crippen LogP contribution in [-0.4, -0.2) is 20.9 Å². The minimum atomic E-state index is -5.05. The SMILES string of the molecule is Cn1nc(C(=O)Nc2cc(C(F)(F)F)cc(C(F)(F)F)c2)c(=O)[nH]1. The van der Waals surface area contributed by atoms with E-state index in [1.807, 2.05) is 0 Å². The van der Waals surface area contributed by atoms with E-state index in [-0.39, 0.29) is 6.07 Å². The van der Waals surface area contributed by atoms with Crippen molar-refractivity contribution in [1.82, 2.24) is 15.0 Å². The molecule has 24 heavy (non-hydrogen) atoms. The maximum Gasteiger partial charge on any atom is 0.416 e. The number of nitrogens with one attached hydrogen (secondary N) is 2. The largest absolute Gasteiger partial charge is 0.416 e. The number of alkyl halides is 6. The van der Waals surface area contributed by atoms with Gasteiger partial charge in [-0.1, -0.05) is 0 Å². The number of aryl methyl sites for hydroxylation is 1. The zero-order valence-electron chi connectivity index (χ0n) is 11.7. The van der Waals surface area contributed by atoms with Crippen LogP contribution in [0.15, 0.2) is 23.0 Å². The van der Waals surface area contributed by atoms with Crippen LogP contribution in [-0.2, 0) is 19.4 Å². The second-order valence-corrected chi connectivity index (χ2v) is 4.66. The van der Waals surface area contributed by atoms with Crippen LogP contribution in [0.2, 0.25) is 0 Å². The smallest absolute Gasteiger partial charge is 0.320 e. The third kappa shape index (κ3) is 3.75. The fourth-order valence-electron chi connectivity index (χ4n) is 1.79. The van der Waals surface area contributed by atoms with Gasteiger partial charge in [-0.05, 0) is 18.2 Å². The first kappa shape index (κ1) is 17.6. The van der Waals surface area contributed by atoms with Gasteiger partial charge >= 0.3 is 12.4 Å². The van der Waals surface area contributed by atoms with Crippen molar-refractivity contribution in [1.29, 1.82) is 0 Å². The number of anilines is 1. The fraction of sp³-hybridized carbons (Fsp3) is 0.250. The molecule has 0 atom stereocenters. The summed E-state index contributed by atoms with van der Waals surface area (Å²) in [7, 11) is 1.27. The van der Waals surface area contributed by atoms with Crippen molar-refractivity contribution in [3.05, 3.63) is 45.4 Å². The van der Waals surface area contributed by atoms with Crippen LogP contribution in [0.25, 0.3) is 0 Å². The number of carbonyl (C=O) groups is 1. The Labute approximate surface area is 129 Å². The maximum atomic E-state index is 12.7. The summed E-state index contributed by atoms with van der Waals surface area (Å²) in [5, 5.41) is 7.32. The van der Waals surface area contributed by atoms with Crippen molar-refractivity contribution < 1.29 is 31.1 Å². The third-order valence-corrected chi connectivity index (χ3v) is 2.79. The zero-order valence-corrected chi connectivity index (χ0v) is 11.7. The van der Waals surface area contributed by atoms with Gasteiger partial charge in [0.2, 0.25) is 5.69 Å². The molecule has 1 heterocycles. The van der Waals surface area contributed by atoms with E-state index in [1.54, 1.807) is 5.32 Å². The van der Waals surface area contributed by atoms with E-state index in [2.05, 4.69) is 10.2 Å². The quantitative estimate of drug-likeness (QED) is 0.813. The van der Waals surface area contributed by atoms with Gasteiger partial charge in [0.15, 0.2) is 0 Å². The van der Waals surface area contributed by atoms with Crippen molar-refractivity contribution in [3.8, 4) is 0 Å². The highest BCUT2D eigenvalue weighted by molar-refractivity contribution is 6.02. The van der Waals surface area contributed by atoms with Gasteiger partial charge in [-0.3, -0.25) is 9.59 Å². The first-order chi connectivity index (χ1) is 10.9. The monoisotopic (exact) mass is 354 g/mol. The Morgan fingerprint density at radius 2 is 1.58 bits per heavy atom. The minimum absolute atomic E-state index is 0.0801. The average molecular weight is 354 g/mol. The molecule has 1 aromatic heterocycles. The molecule has 0 saturated carbocycles. The van der Waals surface area contributed by atoms with Gasteiger partial charge < -0.3 is 5.32 Å². The molecule has 0 saturated heterocycles. The van der Waals surface area contributed by atoms with E-state index in [1.165, 1.54) is 7.05 Å². The number of carbonyl (C=O) groups excluding carboxylic acids is 1. The summed E-state index contributed by atoms with van der Waals surface area (Å²) in [6.45, 7) is 0. The molecule has 130 valence electrons. The molecule has 2 aromatic rings. The number of halogens is 6. The van der Waals surface area contributed by atoms with Gasteiger partial charge in [0.25, 0.3) is 11.5 Å². The molecule has 6 nitrogen and oxygen atoms in total. The van der Waals surface area contributed by atoms with Gasteiger partial charge in [0.1, 0.15) is 0 Å². The molecule has 0 aliphatic rings. The Kier molecular flexibility index (Phi) is 4.16. The Bertz CT molecular complexity index is 801. The van der Waals surface area contributed by atoms with Gasteiger partial charge in [0, 0.05) is 12.7 Å². The van der Waals surface area contributed by atoms with Gasteiger partial charge in [-0.2, -0.15) is 26.3 Å². The second kappa shape index (κ2) is 5.69. The molecular formula is C12H8F6N4O2. The number of hydrogen-bond acceptors (Lipinski definition) is 3. The lowest BCUT2D eigenvalue weighted by molar-refractivity contribution is -0.143. The second-order valence-electron chi connectivity index (χ2n) is 4.66. The molecule has 0 aliphatic heterocycles. The summed E-state index contributed by atoms with van der Waals surface area (Å²) in [4.78, 5) is 24.0. The number of hydrogen-bond donors (Lipinski definition) is 2. The van der Waals surface area contributed by atoms with Gasteiger partial charge in [-0.25, -0.2) is 9.90 Å². The van der Waals surface area contributed by atoms with E-state index < -0.39 is 46.3 Å². The molecule has 0 aliphatic carbocycles. The summed E-state index contributed by atoms with van der Waals surface area (Å²) in [5.74, 6) is -1.25. The standard InChI is InChI=1S/C12H8F6N4O2/c1-22-20-8(10(24)21-22)9(23)19-7-3-5(11(13,14)15)2-6(4-7)12(16,17)18/h2-4H,1H3,(H,19,23)(H,21,24). The van der Waals surface area contributed by atoms with Crippen LogP contribution in [0.1, 0.15) is 21.6 Å². The van der Waals surface area contributed by atoms with Crippen molar-refractivity contribution in [3.63, 3.8) is 0 Å². The summed E-state index contributed by atoms with van der Waals surface area (Å²) in [6.07, 6.45) is -10.1. The van der Waals surface area contributed by atoms with Crippen LogP contribution in [0.3, 0.4) is 0 Å². The van der Waals surface area contributed by atoms with E-state index in [4.69, 9.17) is 0 Å². The summed E-state index contributed by atoms with van der Waals surface area (Å²) < 4.78 is 76.3. The Morgan fingerprint density at radius 3 is 1.96 bits per heavy atom. The number of rotatable bonds is 2. The average Bonchev–Trinajstić information content (AvgIpc) is 2.75. The molecule has 12 heteroatoms.